The molecule has 0 heterocycles. The molecule has 0 saturated heterocycles. The maximum absolute atomic E-state index is 11.9. The SMILES string of the molecule is COC(=O)c1c(CCCCCCCBr)cccc1OC. The molecule has 3 nitrogen and oxygen atoms in total. The predicted octanol–water partition coefficient (Wildman–Crippen LogP) is 4.37. The summed E-state index contributed by atoms with van der Waals surface area (Å²) in [7, 11) is 2.98. The second kappa shape index (κ2) is 9.81. The second-order valence-electron chi connectivity index (χ2n) is 4.69. The quantitative estimate of drug-likeness (QED) is 0.379. The second-order valence-corrected chi connectivity index (χ2v) is 5.49. The number of hydrogen-bond donors (Lipinski definition) is 0. The van der Waals surface area contributed by atoms with Crippen molar-refractivity contribution < 1.29 is 14.3 Å². The molecule has 0 amide bonds. The van der Waals surface area contributed by atoms with Gasteiger partial charge in [0.25, 0.3) is 0 Å². The van der Waals surface area contributed by atoms with E-state index in [0.29, 0.717) is 11.3 Å². The standard InChI is InChI=1S/C16H23BrO3/c1-19-14-11-8-10-13(15(14)16(18)20-2)9-6-4-3-5-7-12-17/h8,10-11H,3-7,9,12H2,1-2H3. The Morgan fingerprint density at radius 1 is 1.10 bits per heavy atom. The number of unbranched alkanes of at least 4 members (excludes halogenated alkanes) is 4. The van der Waals surface area contributed by atoms with Crippen molar-refractivity contribution >= 4 is 21.9 Å². The van der Waals surface area contributed by atoms with E-state index in [1.807, 2.05) is 12.1 Å². The molecule has 0 radical (unpaired) electrons. The third-order valence-electron chi connectivity index (χ3n) is 3.30. The predicted molar refractivity (Wildman–Crippen MR) is 84.9 cm³/mol. The molecule has 112 valence electrons. The Hall–Kier alpha value is -1.03. The van der Waals surface area contributed by atoms with Gasteiger partial charge in [-0.2, -0.15) is 0 Å². The molecule has 0 unspecified atom stereocenters. The molecule has 1 aromatic rings. The lowest BCUT2D eigenvalue weighted by Gasteiger charge is -2.12. The first-order valence-electron chi connectivity index (χ1n) is 7.04. The third kappa shape index (κ3) is 5.16. The minimum Gasteiger partial charge on any atom is -0.496 e. The Morgan fingerprint density at radius 3 is 2.45 bits per heavy atom. The first-order valence-corrected chi connectivity index (χ1v) is 8.17. The molecule has 0 saturated carbocycles. The van der Waals surface area contributed by atoms with Crippen LogP contribution in [0.4, 0.5) is 0 Å². The normalized spacial score (nSPS) is 10.3. The Labute approximate surface area is 129 Å². The fourth-order valence-corrected chi connectivity index (χ4v) is 2.63. The van der Waals surface area contributed by atoms with Gasteiger partial charge in [0.05, 0.1) is 14.2 Å². The number of rotatable bonds is 9. The van der Waals surface area contributed by atoms with Gasteiger partial charge in [-0.05, 0) is 30.9 Å². The van der Waals surface area contributed by atoms with Gasteiger partial charge in [-0.25, -0.2) is 4.79 Å². The van der Waals surface area contributed by atoms with Crippen LogP contribution in [0.25, 0.3) is 0 Å². The zero-order valence-electron chi connectivity index (χ0n) is 12.3. The van der Waals surface area contributed by atoms with Crippen LogP contribution in [-0.2, 0) is 11.2 Å². The Morgan fingerprint density at radius 2 is 1.80 bits per heavy atom. The summed E-state index contributed by atoms with van der Waals surface area (Å²) in [5.74, 6) is 0.269. The zero-order chi connectivity index (χ0) is 14.8. The summed E-state index contributed by atoms with van der Waals surface area (Å²) in [6, 6.07) is 5.70. The fraction of sp³-hybridized carbons (Fsp3) is 0.562. The lowest BCUT2D eigenvalue weighted by Crippen LogP contribution is -2.08. The van der Waals surface area contributed by atoms with Crippen LogP contribution in [0.1, 0.15) is 48.0 Å². The van der Waals surface area contributed by atoms with E-state index in [2.05, 4.69) is 15.9 Å². The van der Waals surface area contributed by atoms with E-state index in [0.717, 1.165) is 23.7 Å². The first-order chi connectivity index (χ1) is 9.74. The molecule has 0 bridgehead atoms. The van der Waals surface area contributed by atoms with Gasteiger partial charge in [0.15, 0.2) is 0 Å². The maximum Gasteiger partial charge on any atom is 0.341 e. The summed E-state index contributed by atoms with van der Waals surface area (Å²) < 4.78 is 10.1. The molecule has 0 aliphatic heterocycles. The Kier molecular flexibility index (Phi) is 8.35. The van der Waals surface area contributed by atoms with Gasteiger partial charge in [-0.1, -0.05) is 47.3 Å². The van der Waals surface area contributed by atoms with E-state index in [1.54, 1.807) is 13.2 Å². The van der Waals surface area contributed by atoms with Crippen LogP contribution < -0.4 is 4.74 Å². The molecule has 0 aliphatic carbocycles. The molecular formula is C16H23BrO3. The highest BCUT2D eigenvalue weighted by Crippen LogP contribution is 2.24. The molecule has 0 fully saturated rings. The van der Waals surface area contributed by atoms with Crippen LogP contribution in [-0.4, -0.2) is 25.5 Å². The summed E-state index contributed by atoms with van der Waals surface area (Å²) in [6.07, 6.45) is 6.88. The number of hydrogen-bond acceptors (Lipinski definition) is 3. The number of carbonyl (C=O) groups is 1. The first kappa shape index (κ1) is 17.0. The van der Waals surface area contributed by atoms with Gasteiger partial charge in [0.1, 0.15) is 11.3 Å². The molecule has 0 aliphatic rings. The molecule has 0 aromatic heterocycles. The summed E-state index contributed by atoms with van der Waals surface area (Å²) in [5.41, 5.74) is 1.58. The number of halogens is 1. The number of carbonyl (C=O) groups excluding carboxylic acids is 1. The van der Waals surface area contributed by atoms with E-state index < -0.39 is 0 Å². The lowest BCUT2D eigenvalue weighted by molar-refractivity contribution is 0.0595. The minimum absolute atomic E-state index is 0.322. The highest BCUT2D eigenvalue weighted by molar-refractivity contribution is 9.09. The monoisotopic (exact) mass is 342 g/mol. The number of methoxy groups -OCH3 is 2. The van der Waals surface area contributed by atoms with Crippen LogP contribution in [0.2, 0.25) is 0 Å². The molecular weight excluding hydrogens is 320 g/mol. The number of aryl methyl sites for hydroxylation is 1. The van der Waals surface area contributed by atoms with Gasteiger partial charge < -0.3 is 9.47 Å². The van der Waals surface area contributed by atoms with Crippen molar-refractivity contribution in [3.8, 4) is 5.75 Å². The van der Waals surface area contributed by atoms with Crippen LogP contribution in [0.3, 0.4) is 0 Å². The smallest absolute Gasteiger partial charge is 0.341 e. The van der Waals surface area contributed by atoms with Gasteiger partial charge in [0.2, 0.25) is 0 Å². The molecule has 20 heavy (non-hydrogen) atoms. The molecule has 1 rings (SSSR count). The average Bonchev–Trinajstić information content (AvgIpc) is 2.49. The number of esters is 1. The van der Waals surface area contributed by atoms with E-state index in [4.69, 9.17) is 9.47 Å². The summed E-state index contributed by atoms with van der Waals surface area (Å²) in [5, 5.41) is 1.08. The largest absolute Gasteiger partial charge is 0.496 e. The summed E-state index contributed by atoms with van der Waals surface area (Å²) >= 11 is 3.44. The van der Waals surface area contributed by atoms with Gasteiger partial charge >= 0.3 is 5.97 Å². The molecule has 0 atom stereocenters. The zero-order valence-corrected chi connectivity index (χ0v) is 13.9. The summed E-state index contributed by atoms with van der Waals surface area (Å²) in [4.78, 5) is 11.9. The molecule has 4 heteroatoms. The van der Waals surface area contributed by atoms with Crippen LogP contribution in [0, 0.1) is 0 Å². The molecule has 0 N–H and O–H groups in total. The van der Waals surface area contributed by atoms with Crippen molar-refractivity contribution in [3.63, 3.8) is 0 Å². The minimum atomic E-state index is -0.322. The van der Waals surface area contributed by atoms with Crippen molar-refractivity contribution in [1.29, 1.82) is 0 Å². The van der Waals surface area contributed by atoms with E-state index in [-0.39, 0.29) is 5.97 Å². The van der Waals surface area contributed by atoms with Crippen LogP contribution in [0.5, 0.6) is 5.75 Å². The maximum atomic E-state index is 11.9. The van der Waals surface area contributed by atoms with Crippen molar-refractivity contribution in [2.45, 2.75) is 38.5 Å². The Bertz CT molecular complexity index is 418. The number of ether oxygens (including phenoxy) is 2. The average molecular weight is 343 g/mol. The van der Waals surface area contributed by atoms with Crippen LogP contribution in [0.15, 0.2) is 18.2 Å². The van der Waals surface area contributed by atoms with Crippen molar-refractivity contribution in [3.05, 3.63) is 29.3 Å². The molecule has 1 aromatic carbocycles. The fourth-order valence-electron chi connectivity index (χ4n) is 2.23. The number of benzene rings is 1. The van der Waals surface area contributed by atoms with Gasteiger partial charge in [-0.15, -0.1) is 0 Å². The van der Waals surface area contributed by atoms with Crippen LogP contribution >= 0.6 is 15.9 Å². The van der Waals surface area contributed by atoms with E-state index in [1.165, 1.54) is 32.8 Å². The lowest BCUT2D eigenvalue weighted by atomic mass is 10.00. The van der Waals surface area contributed by atoms with Gasteiger partial charge in [0, 0.05) is 5.33 Å². The van der Waals surface area contributed by atoms with Gasteiger partial charge in [-0.3, -0.25) is 0 Å². The number of alkyl halides is 1. The van der Waals surface area contributed by atoms with Crippen molar-refractivity contribution in [2.75, 3.05) is 19.5 Å². The highest BCUT2D eigenvalue weighted by Gasteiger charge is 2.17. The van der Waals surface area contributed by atoms with E-state index in [9.17, 15) is 4.79 Å². The van der Waals surface area contributed by atoms with Crippen molar-refractivity contribution in [2.24, 2.45) is 0 Å². The topological polar surface area (TPSA) is 35.5 Å². The van der Waals surface area contributed by atoms with Crippen molar-refractivity contribution in [1.82, 2.24) is 0 Å². The van der Waals surface area contributed by atoms with E-state index >= 15 is 0 Å². The summed E-state index contributed by atoms with van der Waals surface area (Å²) in [6.45, 7) is 0. The molecule has 0 spiro atoms. The third-order valence-corrected chi connectivity index (χ3v) is 3.86. The Balaban J connectivity index is 2.62. The highest BCUT2D eigenvalue weighted by atomic mass is 79.9.